The van der Waals surface area contributed by atoms with Gasteiger partial charge in [0.25, 0.3) is 0 Å². The monoisotopic (exact) mass is 403 g/mol. The van der Waals surface area contributed by atoms with Crippen molar-refractivity contribution in [2.75, 3.05) is 32.8 Å². The minimum absolute atomic E-state index is 0.212. The van der Waals surface area contributed by atoms with Crippen LogP contribution in [0, 0.1) is 5.92 Å². The number of aromatic nitrogens is 1. The summed E-state index contributed by atoms with van der Waals surface area (Å²) in [5.41, 5.74) is 1.07. The molecular formula is C20H25N3O4S. The second kappa shape index (κ2) is 8.46. The van der Waals surface area contributed by atoms with Crippen LogP contribution in [0.25, 0.3) is 0 Å². The molecule has 1 N–H and O–H groups in total. The molecule has 3 heterocycles. The fourth-order valence-corrected chi connectivity index (χ4v) is 4.70. The number of hydrogen-bond acceptors (Lipinski definition) is 6. The third kappa shape index (κ3) is 4.63. The number of sulfonamides is 1. The molecule has 28 heavy (non-hydrogen) atoms. The first-order valence-corrected chi connectivity index (χ1v) is 11.1. The van der Waals surface area contributed by atoms with E-state index in [0.717, 1.165) is 38.2 Å². The van der Waals surface area contributed by atoms with Crippen LogP contribution in [0.15, 0.2) is 47.5 Å². The van der Waals surface area contributed by atoms with E-state index in [0.29, 0.717) is 37.2 Å². The highest BCUT2D eigenvalue weighted by molar-refractivity contribution is 7.89. The Labute approximate surface area is 165 Å². The molecule has 2 aliphatic heterocycles. The van der Waals surface area contributed by atoms with Crippen molar-refractivity contribution in [1.82, 2.24) is 14.6 Å². The minimum atomic E-state index is -3.56. The number of likely N-dealkylation sites (tertiary alicyclic amines) is 1. The largest absolute Gasteiger partial charge is 0.486 e. The van der Waals surface area contributed by atoms with Crippen LogP contribution < -0.4 is 14.2 Å². The maximum absolute atomic E-state index is 12.6. The van der Waals surface area contributed by atoms with Gasteiger partial charge in [-0.15, -0.1) is 0 Å². The first-order chi connectivity index (χ1) is 13.6. The second-order valence-electron chi connectivity index (χ2n) is 7.20. The third-order valence-corrected chi connectivity index (χ3v) is 6.63. The summed E-state index contributed by atoms with van der Waals surface area (Å²) >= 11 is 0. The predicted molar refractivity (Wildman–Crippen MR) is 105 cm³/mol. The van der Waals surface area contributed by atoms with E-state index in [1.54, 1.807) is 12.1 Å². The van der Waals surface area contributed by atoms with Crippen molar-refractivity contribution in [2.45, 2.75) is 24.3 Å². The molecule has 0 spiro atoms. The Morgan fingerprint density at radius 1 is 1.07 bits per heavy atom. The van der Waals surface area contributed by atoms with Crippen LogP contribution in [0.2, 0.25) is 0 Å². The Kier molecular flexibility index (Phi) is 5.79. The number of piperidine rings is 1. The number of nitrogens with one attached hydrogen (secondary N) is 1. The van der Waals surface area contributed by atoms with Crippen LogP contribution >= 0.6 is 0 Å². The molecule has 150 valence electrons. The SMILES string of the molecule is O=S(=O)(NCC1CCN(Cc2ccccn2)CC1)c1ccc2c(c1)OCCO2. The Bertz CT molecular complexity index is 897. The van der Waals surface area contributed by atoms with Gasteiger partial charge in [-0.2, -0.15) is 0 Å². The van der Waals surface area contributed by atoms with Crippen molar-refractivity contribution < 1.29 is 17.9 Å². The molecule has 1 fully saturated rings. The Morgan fingerprint density at radius 2 is 1.86 bits per heavy atom. The van der Waals surface area contributed by atoms with Gasteiger partial charge < -0.3 is 9.47 Å². The highest BCUT2D eigenvalue weighted by Gasteiger charge is 2.23. The highest BCUT2D eigenvalue weighted by Crippen LogP contribution is 2.32. The molecule has 2 aromatic rings. The molecule has 0 saturated carbocycles. The molecule has 4 rings (SSSR count). The Balaban J connectivity index is 1.29. The maximum atomic E-state index is 12.6. The lowest BCUT2D eigenvalue weighted by molar-refractivity contribution is 0.171. The number of rotatable bonds is 6. The Hall–Kier alpha value is -2.16. The van der Waals surface area contributed by atoms with Gasteiger partial charge in [-0.05, 0) is 56.1 Å². The topological polar surface area (TPSA) is 80.8 Å². The van der Waals surface area contributed by atoms with Gasteiger partial charge >= 0.3 is 0 Å². The molecule has 0 amide bonds. The summed E-state index contributed by atoms with van der Waals surface area (Å²) in [4.78, 5) is 6.95. The van der Waals surface area contributed by atoms with Crippen molar-refractivity contribution in [3.63, 3.8) is 0 Å². The van der Waals surface area contributed by atoms with E-state index in [1.165, 1.54) is 6.07 Å². The smallest absolute Gasteiger partial charge is 0.240 e. The van der Waals surface area contributed by atoms with Gasteiger partial charge in [-0.3, -0.25) is 9.88 Å². The Morgan fingerprint density at radius 3 is 2.61 bits per heavy atom. The average molecular weight is 404 g/mol. The van der Waals surface area contributed by atoms with Crippen molar-refractivity contribution >= 4 is 10.0 Å². The van der Waals surface area contributed by atoms with Gasteiger partial charge in [0.15, 0.2) is 11.5 Å². The van der Waals surface area contributed by atoms with E-state index in [1.807, 2.05) is 24.4 Å². The summed E-state index contributed by atoms with van der Waals surface area (Å²) in [6, 6.07) is 10.7. The number of benzene rings is 1. The van der Waals surface area contributed by atoms with E-state index in [9.17, 15) is 8.42 Å². The van der Waals surface area contributed by atoms with Crippen LogP contribution in [0.4, 0.5) is 0 Å². The van der Waals surface area contributed by atoms with Gasteiger partial charge in [0.05, 0.1) is 10.6 Å². The highest BCUT2D eigenvalue weighted by atomic mass is 32.2. The number of hydrogen-bond donors (Lipinski definition) is 1. The lowest BCUT2D eigenvalue weighted by Crippen LogP contribution is -2.38. The molecule has 0 radical (unpaired) electrons. The van der Waals surface area contributed by atoms with E-state index in [2.05, 4.69) is 14.6 Å². The van der Waals surface area contributed by atoms with E-state index < -0.39 is 10.0 Å². The number of nitrogens with zero attached hydrogens (tertiary/aromatic N) is 2. The molecule has 1 aromatic heterocycles. The molecule has 7 nitrogen and oxygen atoms in total. The molecule has 0 aliphatic carbocycles. The zero-order chi connectivity index (χ0) is 19.4. The summed E-state index contributed by atoms with van der Waals surface area (Å²) < 4.78 is 39.0. The summed E-state index contributed by atoms with van der Waals surface area (Å²) in [6.45, 7) is 4.11. The normalized spacial score (nSPS) is 18.1. The first-order valence-electron chi connectivity index (χ1n) is 9.62. The quantitative estimate of drug-likeness (QED) is 0.795. The van der Waals surface area contributed by atoms with Crippen LogP contribution in [0.3, 0.4) is 0 Å². The minimum Gasteiger partial charge on any atom is -0.486 e. The predicted octanol–water partition coefficient (Wildman–Crippen LogP) is 2.04. The molecule has 2 aliphatic rings. The van der Waals surface area contributed by atoms with Gasteiger partial charge in [-0.1, -0.05) is 6.07 Å². The van der Waals surface area contributed by atoms with E-state index in [-0.39, 0.29) is 4.90 Å². The van der Waals surface area contributed by atoms with Crippen molar-refractivity contribution in [1.29, 1.82) is 0 Å². The number of ether oxygens (including phenoxy) is 2. The number of pyridine rings is 1. The van der Waals surface area contributed by atoms with Crippen LogP contribution in [0.1, 0.15) is 18.5 Å². The lowest BCUT2D eigenvalue weighted by atomic mass is 9.97. The van der Waals surface area contributed by atoms with Crippen LogP contribution in [-0.4, -0.2) is 51.1 Å². The second-order valence-corrected chi connectivity index (χ2v) is 8.96. The molecule has 8 heteroatoms. The zero-order valence-corrected chi connectivity index (χ0v) is 16.5. The maximum Gasteiger partial charge on any atom is 0.240 e. The number of fused-ring (bicyclic) bond motifs is 1. The molecule has 1 aromatic carbocycles. The van der Waals surface area contributed by atoms with Crippen LogP contribution in [0.5, 0.6) is 11.5 Å². The summed E-state index contributed by atoms with van der Waals surface area (Å²) in [7, 11) is -3.56. The summed E-state index contributed by atoms with van der Waals surface area (Å²) in [5, 5.41) is 0. The molecular weight excluding hydrogens is 378 g/mol. The molecule has 0 unspecified atom stereocenters. The fourth-order valence-electron chi connectivity index (χ4n) is 3.57. The van der Waals surface area contributed by atoms with Crippen molar-refractivity contribution in [3.8, 4) is 11.5 Å². The fraction of sp³-hybridized carbons (Fsp3) is 0.450. The van der Waals surface area contributed by atoms with Gasteiger partial charge in [0, 0.05) is 25.4 Å². The van der Waals surface area contributed by atoms with Gasteiger partial charge in [-0.25, -0.2) is 13.1 Å². The van der Waals surface area contributed by atoms with E-state index in [4.69, 9.17) is 9.47 Å². The van der Waals surface area contributed by atoms with Crippen molar-refractivity contribution in [2.24, 2.45) is 5.92 Å². The van der Waals surface area contributed by atoms with Crippen LogP contribution in [-0.2, 0) is 16.6 Å². The molecule has 1 saturated heterocycles. The first kappa shape index (κ1) is 19.2. The summed E-state index contributed by atoms with van der Waals surface area (Å²) in [6.07, 6.45) is 3.75. The summed E-state index contributed by atoms with van der Waals surface area (Å²) in [5.74, 6) is 1.41. The molecule has 0 bridgehead atoms. The van der Waals surface area contributed by atoms with E-state index >= 15 is 0 Å². The van der Waals surface area contributed by atoms with Crippen molar-refractivity contribution in [3.05, 3.63) is 48.3 Å². The van der Waals surface area contributed by atoms with Gasteiger partial charge in [0.1, 0.15) is 13.2 Å². The third-order valence-electron chi connectivity index (χ3n) is 5.20. The lowest BCUT2D eigenvalue weighted by Gasteiger charge is -2.31. The molecule has 0 atom stereocenters. The van der Waals surface area contributed by atoms with Gasteiger partial charge in [0.2, 0.25) is 10.0 Å². The standard InChI is InChI=1S/C20H25N3O4S/c24-28(25,18-4-5-19-20(13-18)27-12-11-26-19)22-14-16-6-9-23(10-7-16)15-17-3-1-2-8-21-17/h1-5,8,13,16,22H,6-7,9-12,14-15H2. The average Bonchev–Trinajstić information content (AvgIpc) is 2.74. The zero-order valence-electron chi connectivity index (χ0n) is 15.7.